The highest BCUT2D eigenvalue weighted by Gasteiger charge is 2.33. The van der Waals surface area contributed by atoms with Crippen molar-refractivity contribution in [3.63, 3.8) is 0 Å². The SMILES string of the molecule is CSc1ccc(C(C)(Nc2ccccc2F)C(N)=O)cc1. The lowest BCUT2D eigenvalue weighted by atomic mass is 9.91. The minimum Gasteiger partial charge on any atom is -0.367 e. The van der Waals surface area contributed by atoms with Crippen LogP contribution >= 0.6 is 11.8 Å². The third kappa shape index (κ3) is 3.19. The predicted octanol–water partition coefficient (Wildman–Crippen LogP) is 3.36. The van der Waals surface area contributed by atoms with E-state index in [0.717, 1.165) is 4.90 Å². The number of carbonyl (C=O) groups is 1. The minimum atomic E-state index is -1.18. The van der Waals surface area contributed by atoms with E-state index in [-0.39, 0.29) is 5.69 Å². The number of benzene rings is 2. The van der Waals surface area contributed by atoms with E-state index >= 15 is 0 Å². The van der Waals surface area contributed by atoms with E-state index in [1.165, 1.54) is 6.07 Å². The second-order valence-electron chi connectivity index (χ2n) is 4.82. The van der Waals surface area contributed by atoms with E-state index in [9.17, 15) is 9.18 Å². The van der Waals surface area contributed by atoms with E-state index in [1.54, 1.807) is 36.9 Å². The number of para-hydroxylation sites is 1. The topological polar surface area (TPSA) is 55.1 Å². The fraction of sp³-hybridized carbons (Fsp3) is 0.188. The van der Waals surface area contributed by atoms with E-state index < -0.39 is 17.3 Å². The van der Waals surface area contributed by atoms with Gasteiger partial charge in [0.2, 0.25) is 5.91 Å². The molecule has 0 radical (unpaired) electrons. The molecule has 0 saturated heterocycles. The van der Waals surface area contributed by atoms with Crippen molar-refractivity contribution in [2.24, 2.45) is 5.73 Å². The van der Waals surface area contributed by atoms with Gasteiger partial charge in [-0.05, 0) is 43.0 Å². The molecule has 3 N–H and O–H groups in total. The Morgan fingerprint density at radius 1 is 1.19 bits per heavy atom. The Labute approximate surface area is 127 Å². The van der Waals surface area contributed by atoms with Gasteiger partial charge in [0.1, 0.15) is 11.4 Å². The maximum atomic E-state index is 13.8. The number of carbonyl (C=O) groups excluding carboxylic acids is 1. The van der Waals surface area contributed by atoms with Crippen molar-refractivity contribution >= 4 is 23.4 Å². The van der Waals surface area contributed by atoms with Crippen molar-refractivity contribution in [3.8, 4) is 0 Å². The lowest BCUT2D eigenvalue weighted by Gasteiger charge is -2.29. The zero-order chi connectivity index (χ0) is 15.5. The van der Waals surface area contributed by atoms with Crippen LogP contribution in [0.15, 0.2) is 53.4 Å². The fourth-order valence-corrected chi connectivity index (χ4v) is 2.44. The van der Waals surface area contributed by atoms with Gasteiger partial charge in [-0.15, -0.1) is 11.8 Å². The summed E-state index contributed by atoms with van der Waals surface area (Å²) in [4.78, 5) is 13.0. The Balaban J connectivity index is 2.40. The Hall–Kier alpha value is -2.01. The number of amides is 1. The van der Waals surface area contributed by atoms with E-state index in [4.69, 9.17) is 5.73 Å². The summed E-state index contributed by atoms with van der Waals surface area (Å²) in [6.45, 7) is 1.65. The molecule has 0 fully saturated rings. The molecule has 0 spiro atoms. The van der Waals surface area contributed by atoms with Gasteiger partial charge >= 0.3 is 0 Å². The predicted molar refractivity (Wildman–Crippen MR) is 84.8 cm³/mol. The van der Waals surface area contributed by atoms with Crippen molar-refractivity contribution in [2.75, 3.05) is 11.6 Å². The lowest BCUT2D eigenvalue weighted by Crippen LogP contribution is -2.45. The Morgan fingerprint density at radius 3 is 2.33 bits per heavy atom. The van der Waals surface area contributed by atoms with Gasteiger partial charge in [0.25, 0.3) is 0 Å². The number of halogens is 1. The zero-order valence-corrected chi connectivity index (χ0v) is 12.7. The molecule has 0 aliphatic heterocycles. The van der Waals surface area contributed by atoms with Crippen LogP contribution in [-0.2, 0) is 10.3 Å². The van der Waals surface area contributed by atoms with Crippen LogP contribution in [0.1, 0.15) is 12.5 Å². The van der Waals surface area contributed by atoms with Crippen LogP contribution in [0.3, 0.4) is 0 Å². The van der Waals surface area contributed by atoms with Gasteiger partial charge < -0.3 is 11.1 Å². The average molecular weight is 304 g/mol. The second-order valence-corrected chi connectivity index (χ2v) is 5.70. The average Bonchev–Trinajstić information content (AvgIpc) is 2.49. The number of nitrogens with two attached hydrogens (primary N) is 1. The van der Waals surface area contributed by atoms with Crippen LogP contribution in [-0.4, -0.2) is 12.2 Å². The molecule has 1 atom stereocenters. The van der Waals surface area contributed by atoms with Crippen LogP contribution in [0.4, 0.5) is 10.1 Å². The first-order valence-corrected chi connectivity index (χ1v) is 7.67. The lowest BCUT2D eigenvalue weighted by molar-refractivity contribution is -0.122. The Kier molecular flexibility index (Phi) is 4.53. The van der Waals surface area contributed by atoms with Gasteiger partial charge in [0.15, 0.2) is 0 Å². The molecule has 0 bridgehead atoms. The van der Waals surface area contributed by atoms with Gasteiger partial charge in [-0.3, -0.25) is 4.79 Å². The highest BCUT2D eigenvalue weighted by atomic mass is 32.2. The summed E-state index contributed by atoms with van der Waals surface area (Å²) in [6.07, 6.45) is 1.97. The monoisotopic (exact) mass is 304 g/mol. The number of rotatable bonds is 5. The molecule has 110 valence electrons. The maximum Gasteiger partial charge on any atom is 0.247 e. The van der Waals surface area contributed by atoms with E-state index in [1.807, 2.05) is 30.5 Å². The molecule has 1 unspecified atom stereocenters. The standard InChI is InChI=1S/C16H17FN2OS/c1-16(15(18)20,11-7-9-12(21-2)10-8-11)19-14-6-4-3-5-13(14)17/h3-10,19H,1-2H3,(H2,18,20). The van der Waals surface area contributed by atoms with Gasteiger partial charge in [0, 0.05) is 4.90 Å². The molecule has 0 aromatic heterocycles. The summed E-state index contributed by atoms with van der Waals surface area (Å²) in [5, 5.41) is 2.92. The number of nitrogens with one attached hydrogen (secondary N) is 1. The Bertz CT molecular complexity index is 645. The maximum absolute atomic E-state index is 13.8. The molecule has 0 saturated carbocycles. The second kappa shape index (κ2) is 6.18. The summed E-state index contributed by atoms with van der Waals surface area (Å²) < 4.78 is 13.8. The van der Waals surface area contributed by atoms with Gasteiger partial charge in [-0.1, -0.05) is 24.3 Å². The van der Waals surface area contributed by atoms with Crippen LogP contribution in [0, 0.1) is 5.82 Å². The number of anilines is 1. The molecule has 21 heavy (non-hydrogen) atoms. The number of primary amides is 1. The molecule has 2 rings (SSSR count). The molecule has 3 nitrogen and oxygen atoms in total. The number of hydrogen-bond donors (Lipinski definition) is 2. The number of hydrogen-bond acceptors (Lipinski definition) is 3. The minimum absolute atomic E-state index is 0.243. The Morgan fingerprint density at radius 2 is 1.81 bits per heavy atom. The van der Waals surface area contributed by atoms with Gasteiger partial charge in [-0.2, -0.15) is 0 Å². The van der Waals surface area contributed by atoms with Crippen molar-refractivity contribution in [2.45, 2.75) is 17.4 Å². The third-order valence-corrected chi connectivity index (χ3v) is 4.16. The van der Waals surface area contributed by atoms with E-state index in [2.05, 4.69) is 5.32 Å². The summed E-state index contributed by atoms with van der Waals surface area (Å²) in [6, 6.07) is 13.7. The van der Waals surface area contributed by atoms with Crippen LogP contribution < -0.4 is 11.1 Å². The van der Waals surface area contributed by atoms with Crippen LogP contribution in [0.5, 0.6) is 0 Å². The molecule has 5 heteroatoms. The summed E-state index contributed by atoms with van der Waals surface area (Å²) in [5.74, 6) is -0.992. The zero-order valence-electron chi connectivity index (χ0n) is 11.9. The summed E-state index contributed by atoms with van der Waals surface area (Å²) in [7, 11) is 0. The molecular weight excluding hydrogens is 287 g/mol. The molecule has 0 aliphatic rings. The largest absolute Gasteiger partial charge is 0.367 e. The van der Waals surface area contributed by atoms with Crippen molar-refractivity contribution in [1.82, 2.24) is 0 Å². The van der Waals surface area contributed by atoms with Gasteiger partial charge in [0.05, 0.1) is 5.69 Å². The van der Waals surface area contributed by atoms with Crippen LogP contribution in [0.2, 0.25) is 0 Å². The molecule has 1 amide bonds. The first-order chi connectivity index (χ1) is 9.97. The molecule has 0 heterocycles. The highest BCUT2D eigenvalue weighted by molar-refractivity contribution is 7.98. The molecule has 2 aromatic rings. The highest BCUT2D eigenvalue weighted by Crippen LogP contribution is 2.28. The van der Waals surface area contributed by atoms with Gasteiger partial charge in [-0.25, -0.2) is 4.39 Å². The van der Waals surface area contributed by atoms with Crippen molar-refractivity contribution in [1.29, 1.82) is 0 Å². The van der Waals surface area contributed by atoms with E-state index in [0.29, 0.717) is 5.56 Å². The van der Waals surface area contributed by atoms with Crippen molar-refractivity contribution in [3.05, 3.63) is 59.9 Å². The first-order valence-electron chi connectivity index (χ1n) is 6.44. The smallest absolute Gasteiger partial charge is 0.247 e. The normalized spacial score (nSPS) is 13.5. The summed E-state index contributed by atoms with van der Waals surface area (Å²) >= 11 is 1.61. The summed E-state index contributed by atoms with van der Waals surface area (Å²) in [5.41, 5.74) is 5.30. The van der Waals surface area contributed by atoms with Crippen molar-refractivity contribution < 1.29 is 9.18 Å². The van der Waals surface area contributed by atoms with Crippen LogP contribution in [0.25, 0.3) is 0 Å². The molecule has 2 aromatic carbocycles. The third-order valence-electron chi connectivity index (χ3n) is 3.42. The fourth-order valence-electron chi connectivity index (χ4n) is 2.03. The molecular formula is C16H17FN2OS. The molecule has 0 aliphatic carbocycles. The quantitative estimate of drug-likeness (QED) is 0.833. The first kappa shape index (κ1) is 15.4. The number of thioether (sulfide) groups is 1.